The van der Waals surface area contributed by atoms with Crippen LogP contribution in [0.2, 0.25) is 0 Å². The Kier molecular flexibility index (Phi) is 18.5. The molecule has 6 atom stereocenters. The van der Waals surface area contributed by atoms with E-state index in [4.69, 9.17) is 24.9 Å². The van der Waals surface area contributed by atoms with Crippen molar-refractivity contribution >= 4 is 79.2 Å². The molecule has 4 saturated carbocycles. The van der Waals surface area contributed by atoms with Gasteiger partial charge in [0.1, 0.15) is 17.9 Å². The molecule has 5 N–H and O–H groups in total. The molecule has 7 heterocycles. The summed E-state index contributed by atoms with van der Waals surface area (Å²) in [6.45, 7) is 22.4. The quantitative estimate of drug-likeness (QED) is 0.0353. The first-order chi connectivity index (χ1) is 44.3. The summed E-state index contributed by atoms with van der Waals surface area (Å²) in [5.74, 6) is -0.160. The van der Waals surface area contributed by atoms with Gasteiger partial charge < -0.3 is 45.6 Å². The van der Waals surface area contributed by atoms with Gasteiger partial charge in [0.05, 0.1) is 56.8 Å². The number of aromatic carboxylic acids is 1. The molecule has 4 bridgehead atoms. The summed E-state index contributed by atoms with van der Waals surface area (Å²) >= 11 is 3.15. The number of likely N-dealkylation sites (tertiary alicyclic amines) is 1. The number of aliphatic hydroxyl groups is 1. The Bertz CT molecular complexity index is 3880. The third kappa shape index (κ3) is 14.0. The smallest absolute Gasteiger partial charge is 0.355 e. The van der Waals surface area contributed by atoms with Crippen molar-refractivity contribution in [1.29, 1.82) is 0 Å². The number of aromatic nitrogens is 7. The van der Waals surface area contributed by atoms with Gasteiger partial charge in [0.15, 0.2) is 22.5 Å². The maximum absolute atomic E-state index is 14.3. The summed E-state index contributed by atoms with van der Waals surface area (Å²) in [6, 6.07) is 17.7. The van der Waals surface area contributed by atoms with E-state index in [9.17, 15) is 29.4 Å². The van der Waals surface area contributed by atoms with Crippen molar-refractivity contribution in [2.24, 2.45) is 21.7 Å². The number of thiazole rings is 2. The molecule has 4 aliphatic carbocycles. The fourth-order valence-electron chi connectivity index (χ4n) is 17.1. The van der Waals surface area contributed by atoms with E-state index in [0.29, 0.717) is 42.6 Å². The predicted molar refractivity (Wildman–Crippen MR) is 364 cm³/mol. The largest absolute Gasteiger partial charge is 0.476 e. The van der Waals surface area contributed by atoms with Gasteiger partial charge in [-0.3, -0.25) is 19.1 Å². The van der Waals surface area contributed by atoms with Crippen LogP contribution in [-0.4, -0.2) is 142 Å². The number of carbonyl (C=O) groups is 4. The van der Waals surface area contributed by atoms with E-state index < -0.39 is 29.6 Å². The number of carboxylic acids is 1. The van der Waals surface area contributed by atoms with Gasteiger partial charge in [-0.05, 0) is 163 Å². The highest BCUT2D eigenvalue weighted by Gasteiger charge is 2.66. The number of carbonyl (C=O) groups excluding carboxylic acids is 3. The van der Waals surface area contributed by atoms with Crippen LogP contribution < -0.4 is 20.9 Å². The summed E-state index contributed by atoms with van der Waals surface area (Å²) in [6.07, 6.45) is 12.9. The van der Waals surface area contributed by atoms with Crippen LogP contribution in [0.1, 0.15) is 170 Å². The third-order valence-corrected chi connectivity index (χ3v) is 22.4. The van der Waals surface area contributed by atoms with E-state index >= 15 is 0 Å². The number of likely N-dealkylation sites (N-methyl/N-ethyl adjacent to an activating group) is 1. The Morgan fingerprint density at radius 1 is 0.871 bits per heavy atom. The molecule has 2 aromatic carbocycles. The van der Waals surface area contributed by atoms with E-state index in [1.807, 2.05) is 126 Å². The Labute approximate surface area is 553 Å². The number of pyridine rings is 1. The monoisotopic (exact) mass is 1300 g/mol. The van der Waals surface area contributed by atoms with Gasteiger partial charge in [0.25, 0.3) is 0 Å². The van der Waals surface area contributed by atoms with E-state index in [-0.39, 0.29) is 70.7 Å². The van der Waals surface area contributed by atoms with Crippen molar-refractivity contribution in [2.75, 3.05) is 50.1 Å². The van der Waals surface area contributed by atoms with Crippen LogP contribution in [-0.2, 0) is 32.1 Å². The maximum atomic E-state index is 14.3. The first-order valence-corrected chi connectivity index (χ1v) is 34.9. The van der Waals surface area contributed by atoms with E-state index in [0.717, 1.165) is 143 Å². The van der Waals surface area contributed by atoms with Gasteiger partial charge in [0, 0.05) is 67.0 Å². The summed E-state index contributed by atoms with van der Waals surface area (Å²) in [5.41, 5.74) is 9.27. The minimum Gasteiger partial charge on any atom is -0.476 e. The lowest BCUT2D eigenvalue weighted by molar-refractivity contribution is -0.248. The van der Waals surface area contributed by atoms with Gasteiger partial charge in [-0.25, -0.2) is 19.7 Å². The first-order valence-electron chi connectivity index (χ1n) is 33.2. The lowest BCUT2D eigenvalue weighted by Crippen LogP contribution is -2.64. The van der Waals surface area contributed by atoms with Gasteiger partial charge in [-0.15, -0.1) is 21.5 Å². The third-order valence-electron chi connectivity index (χ3n) is 20.4. The van der Waals surface area contributed by atoms with E-state index in [1.165, 1.54) is 11.3 Å². The second-order valence-corrected chi connectivity index (χ2v) is 31.5. The molecule has 3 amide bonds. The number of benzene rings is 2. The Balaban J connectivity index is 0.610. The highest BCUT2D eigenvalue weighted by atomic mass is 32.1. The number of aliphatic hydroxyl groups excluding tert-OH is 1. The molecule has 13 rings (SSSR count). The van der Waals surface area contributed by atoms with Crippen LogP contribution >= 0.6 is 22.7 Å². The number of β-amino-alcohol motifs (C(OH)–C–C–N with tert-alkyl or cyclic N) is 1. The number of para-hydroxylation sites is 1. The Morgan fingerprint density at radius 2 is 1.62 bits per heavy atom. The van der Waals surface area contributed by atoms with Crippen LogP contribution in [0.5, 0.6) is 0 Å². The average Bonchev–Trinajstić information content (AvgIpc) is 1.04. The van der Waals surface area contributed by atoms with Crippen LogP contribution in [0.15, 0.2) is 72.4 Å². The molecule has 494 valence electrons. The van der Waals surface area contributed by atoms with Gasteiger partial charge in [0.2, 0.25) is 17.7 Å². The second kappa shape index (κ2) is 26.2. The van der Waals surface area contributed by atoms with E-state index in [2.05, 4.69) is 56.5 Å². The first kappa shape index (κ1) is 65.8. The highest BCUT2D eigenvalue weighted by molar-refractivity contribution is 7.22. The standard InChI is InChI=1S/C71H91N13O7S2/c1-43-50-18-17-29-82(62(50)80-79-61(43)78-66-75-53-19-14-15-20-55(53)93-66)56-27-26-51(58(76-56)65(89)90)52-33-73-84(46(52)4)41-70-36-68(8)35-69(9,37-70)39-71(38-68,40-70)91-31-30-81(10)28-16-12-11-13-21-57(86)77-60(67(5,6)7)64(88)83-34-49(85)32-54(83)63(87)74-44(2)47-22-24-48(25-23-47)59-45(3)72-42-92-59/h14-15,19-20,22-27,33,42,44,49,54,60,85H,11-13,16-18,21,28-32,34-41H2,1-10H3,(H,74,87)(H,77,86)(H,89,90)(H,75,78,79)/t44-,49?,54?,60?,68?,69?,70?,71?/m0/s1. The SMILES string of the molecule is Cc1ncsc1-c1ccc([C@H](C)NC(=O)C2CC(O)CN2C(=O)C(NC(=O)CCCCCCN(C)CCOC23CC4(C)CC(C)(CC(Cn5ncc(-c6ccc(N7CCCc8c7nnc(Nc7nc9ccccc9s7)c8C)nc6C(=O)O)c5C)(C4)C2)C3)C(C)(C)C)cc1. The number of amides is 3. The number of carboxylic acid groups (broad SMARTS) is 1. The number of unbranched alkanes of at least 4 members (excludes halogenated alkanes) is 3. The fourth-order valence-corrected chi connectivity index (χ4v) is 18.7. The van der Waals surface area contributed by atoms with Crippen LogP contribution in [0.4, 0.5) is 22.6 Å². The number of rotatable bonds is 24. The average molecular weight is 1300 g/mol. The predicted octanol–water partition coefficient (Wildman–Crippen LogP) is 12.3. The normalized spacial score (nSPS) is 24.0. The Hall–Kier alpha value is -7.24. The van der Waals surface area contributed by atoms with Crippen molar-refractivity contribution < 1.29 is 34.1 Å². The zero-order valence-corrected chi connectivity index (χ0v) is 57.2. The Morgan fingerprint density at radius 3 is 2.34 bits per heavy atom. The van der Waals surface area contributed by atoms with Crippen molar-refractivity contribution in [3.63, 3.8) is 0 Å². The van der Waals surface area contributed by atoms with Gasteiger partial charge >= 0.3 is 5.97 Å². The molecule has 22 heteroatoms. The number of hydrogen-bond acceptors (Lipinski definition) is 17. The molecular weight excluding hydrogens is 1210 g/mol. The van der Waals surface area contributed by atoms with Crippen molar-refractivity contribution in [3.05, 3.63) is 106 Å². The molecule has 5 fully saturated rings. The number of anilines is 4. The molecule has 1 saturated heterocycles. The summed E-state index contributed by atoms with van der Waals surface area (Å²) in [7, 11) is 2.15. The highest BCUT2D eigenvalue weighted by Crippen LogP contribution is 2.72. The van der Waals surface area contributed by atoms with Crippen molar-refractivity contribution in [1.82, 2.24) is 55.4 Å². The molecule has 5 aromatic heterocycles. The molecule has 93 heavy (non-hydrogen) atoms. The zero-order valence-electron chi connectivity index (χ0n) is 55.6. The zero-order chi connectivity index (χ0) is 65.8. The van der Waals surface area contributed by atoms with Crippen LogP contribution in [0, 0.1) is 42.4 Å². The lowest BCUT2D eigenvalue weighted by Gasteiger charge is -2.69. The molecular formula is C71H91N13O7S2. The number of nitrogens with zero attached hydrogens (tertiary/aromatic N) is 10. The molecule has 2 aliphatic heterocycles. The molecule has 20 nitrogen and oxygen atoms in total. The number of aryl methyl sites for hydroxylation is 1. The van der Waals surface area contributed by atoms with Crippen LogP contribution in [0.3, 0.4) is 0 Å². The van der Waals surface area contributed by atoms with Crippen molar-refractivity contribution in [3.8, 4) is 21.6 Å². The van der Waals surface area contributed by atoms with Crippen molar-refractivity contribution in [2.45, 2.75) is 189 Å². The number of hydrogen-bond donors (Lipinski definition) is 5. The fraction of sp³-hybridized carbons (Fsp3) is 0.549. The molecule has 7 aromatic rings. The second-order valence-electron chi connectivity index (χ2n) is 29.6. The molecule has 0 spiro atoms. The maximum Gasteiger partial charge on any atom is 0.355 e. The molecule has 0 radical (unpaired) electrons. The number of fused-ring (bicyclic) bond motifs is 2. The van der Waals surface area contributed by atoms with E-state index in [1.54, 1.807) is 22.7 Å². The number of nitrogens with one attached hydrogen (secondary N) is 3. The molecule has 6 aliphatic rings. The summed E-state index contributed by atoms with van der Waals surface area (Å²) < 4.78 is 10.4. The lowest BCUT2D eigenvalue weighted by atomic mass is 9.39. The van der Waals surface area contributed by atoms with Gasteiger partial charge in [-0.1, -0.05) is 95.2 Å². The summed E-state index contributed by atoms with van der Waals surface area (Å²) in [4.78, 5) is 75.6. The minimum atomic E-state index is -1.10. The van der Waals surface area contributed by atoms with Gasteiger partial charge in [-0.2, -0.15) is 5.10 Å². The summed E-state index contributed by atoms with van der Waals surface area (Å²) in [5, 5.41) is 46.1. The minimum absolute atomic E-state index is 0.0186. The topological polar surface area (TPSA) is 246 Å². The molecule has 5 unspecified atom stereocenters. The van der Waals surface area contributed by atoms with Crippen LogP contribution in [0.25, 0.3) is 31.8 Å². The number of ether oxygens (including phenoxy) is 1.